The molecule has 2 aromatic heterocycles. The van der Waals surface area contributed by atoms with Gasteiger partial charge in [-0.25, -0.2) is 0 Å². The largest absolute Gasteiger partial charge is 0.451 e. The Bertz CT molecular complexity index is 872. The molecule has 0 aliphatic heterocycles. The van der Waals surface area contributed by atoms with Crippen LogP contribution in [0.1, 0.15) is 53.5 Å². The second-order valence-corrected chi connectivity index (χ2v) is 6.51. The molecule has 1 N–H and O–H groups in total. The highest BCUT2D eigenvalue weighted by molar-refractivity contribution is 5.96. The number of benzene rings is 1. The first-order valence-corrected chi connectivity index (χ1v) is 8.52. The molecular formula is C19H21N3O2. The van der Waals surface area contributed by atoms with E-state index in [9.17, 15) is 4.79 Å². The van der Waals surface area contributed by atoms with Gasteiger partial charge in [0.25, 0.3) is 5.91 Å². The van der Waals surface area contributed by atoms with Gasteiger partial charge in [-0.1, -0.05) is 25.0 Å². The summed E-state index contributed by atoms with van der Waals surface area (Å²) < 4.78 is 7.69. The van der Waals surface area contributed by atoms with Gasteiger partial charge >= 0.3 is 0 Å². The minimum atomic E-state index is -0.207. The molecule has 1 saturated carbocycles. The molecule has 5 nitrogen and oxygen atoms in total. The zero-order valence-electron chi connectivity index (χ0n) is 13.8. The van der Waals surface area contributed by atoms with Gasteiger partial charge in [0.2, 0.25) is 0 Å². The van der Waals surface area contributed by atoms with Gasteiger partial charge in [-0.2, -0.15) is 5.10 Å². The lowest BCUT2D eigenvalue weighted by Gasteiger charge is -2.08. The third kappa shape index (κ3) is 2.82. The second kappa shape index (κ2) is 6.15. The van der Waals surface area contributed by atoms with Crippen molar-refractivity contribution >= 4 is 16.9 Å². The van der Waals surface area contributed by atoms with Crippen LogP contribution in [0.4, 0.5) is 0 Å². The molecule has 2 heterocycles. The number of rotatable bonds is 4. The van der Waals surface area contributed by atoms with Crippen molar-refractivity contribution in [1.82, 2.24) is 15.1 Å². The molecule has 5 heteroatoms. The maximum absolute atomic E-state index is 12.3. The summed E-state index contributed by atoms with van der Waals surface area (Å²) in [5, 5.41) is 8.46. The first-order valence-electron chi connectivity index (χ1n) is 8.52. The van der Waals surface area contributed by atoms with E-state index in [4.69, 9.17) is 4.42 Å². The van der Waals surface area contributed by atoms with Gasteiger partial charge < -0.3 is 9.73 Å². The average Bonchev–Trinajstić information content (AvgIpc) is 3.31. The summed E-state index contributed by atoms with van der Waals surface area (Å²) in [6.07, 6.45) is 6.98. The third-order valence-corrected chi connectivity index (χ3v) is 4.80. The number of aryl methyl sites for hydroxylation is 1. The molecule has 1 aliphatic carbocycles. The second-order valence-electron chi connectivity index (χ2n) is 6.51. The zero-order valence-corrected chi connectivity index (χ0v) is 13.8. The Morgan fingerprint density at radius 3 is 2.96 bits per heavy atom. The molecule has 0 unspecified atom stereocenters. The molecule has 0 bridgehead atoms. The van der Waals surface area contributed by atoms with E-state index in [1.807, 2.05) is 42.1 Å². The van der Waals surface area contributed by atoms with E-state index in [2.05, 4.69) is 10.4 Å². The number of furan rings is 1. The van der Waals surface area contributed by atoms with Crippen LogP contribution >= 0.6 is 0 Å². The fourth-order valence-electron chi connectivity index (χ4n) is 3.42. The summed E-state index contributed by atoms with van der Waals surface area (Å²) in [5.74, 6) is 0.135. The molecule has 0 radical (unpaired) electrons. The summed E-state index contributed by atoms with van der Waals surface area (Å²) in [7, 11) is 0. The predicted molar refractivity (Wildman–Crippen MR) is 91.9 cm³/mol. The van der Waals surface area contributed by atoms with E-state index in [1.54, 1.807) is 6.07 Å². The smallest absolute Gasteiger partial charge is 0.287 e. The van der Waals surface area contributed by atoms with E-state index in [0.29, 0.717) is 18.3 Å². The van der Waals surface area contributed by atoms with Crippen molar-refractivity contribution in [3.05, 3.63) is 53.5 Å². The Morgan fingerprint density at radius 2 is 2.17 bits per heavy atom. The van der Waals surface area contributed by atoms with Crippen molar-refractivity contribution in [2.45, 2.75) is 45.2 Å². The maximum Gasteiger partial charge on any atom is 0.287 e. The van der Waals surface area contributed by atoms with Crippen molar-refractivity contribution in [1.29, 1.82) is 0 Å². The van der Waals surface area contributed by atoms with Crippen molar-refractivity contribution < 1.29 is 9.21 Å². The van der Waals surface area contributed by atoms with Gasteiger partial charge in [-0.15, -0.1) is 0 Å². The number of fused-ring (bicyclic) bond motifs is 1. The van der Waals surface area contributed by atoms with Crippen molar-refractivity contribution in [3.8, 4) is 0 Å². The van der Waals surface area contributed by atoms with Gasteiger partial charge in [0.1, 0.15) is 5.58 Å². The molecule has 0 spiro atoms. The van der Waals surface area contributed by atoms with Crippen LogP contribution in [0, 0.1) is 6.92 Å². The lowest BCUT2D eigenvalue weighted by atomic mass is 10.1. The lowest BCUT2D eigenvalue weighted by molar-refractivity contribution is 0.0924. The van der Waals surface area contributed by atoms with Crippen molar-refractivity contribution in [2.75, 3.05) is 0 Å². The Balaban J connectivity index is 1.43. The average molecular weight is 323 g/mol. The molecule has 1 amide bonds. The quantitative estimate of drug-likeness (QED) is 0.790. The highest BCUT2D eigenvalue weighted by Gasteiger charge is 2.18. The van der Waals surface area contributed by atoms with Crippen LogP contribution in [0.15, 0.2) is 40.9 Å². The van der Waals surface area contributed by atoms with E-state index in [1.165, 1.54) is 25.7 Å². The molecule has 4 rings (SSSR count). The van der Waals surface area contributed by atoms with Gasteiger partial charge in [0.05, 0.1) is 18.3 Å². The Labute approximate surface area is 140 Å². The number of carbonyl (C=O) groups excluding carboxylic acids is 1. The first-order chi connectivity index (χ1) is 11.7. The van der Waals surface area contributed by atoms with E-state index in [0.717, 1.165) is 22.2 Å². The van der Waals surface area contributed by atoms with Gasteiger partial charge in [-0.05, 0) is 43.5 Å². The molecule has 1 aromatic carbocycles. The van der Waals surface area contributed by atoms with Crippen LogP contribution in [0.5, 0.6) is 0 Å². The molecule has 0 saturated heterocycles. The molecular weight excluding hydrogens is 302 g/mol. The number of carbonyl (C=O) groups is 1. The van der Waals surface area contributed by atoms with E-state index >= 15 is 0 Å². The maximum atomic E-state index is 12.3. The first kappa shape index (κ1) is 15.0. The van der Waals surface area contributed by atoms with Gasteiger partial charge in [0.15, 0.2) is 5.76 Å². The highest BCUT2D eigenvalue weighted by Crippen LogP contribution is 2.28. The SMILES string of the molecule is Cc1cccc2oc(C(=O)NCc3ccn(C4CCCC4)n3)cc12. The fraction of sp³-hybridized carbons (Fsp3) is 0.368. The monoisotopic (exact) mass is 323 g/mol. The normalized spacial score (nSPS) is 15.2. The fourth-order valence-corrected chi connectivity index (χ4v) is 3.42. The van der Waals surface area contributed by atoms with E-state index in [-0.39, 0.29) is 5.91 Å². The van der Waals surface area contributed by atoms with Gasteiger partial charge in [0, 0.05) is 11.6 Å². The molecule has 3 aromatic rings. The molecule has 1 aliphatic rings. The van der Waals surface area contributed by atoms with Crippen LogP contribution in [-0.2, 0) is 6.54 Å². The number of aromatic nitrogens is 2. The van der Waals surface area contributed by atoms with Crippen molar-refractivity contribution in [3.63, 3.8) is 0 Å². The zero-order chi connectivity index (χ0) is 16.5. The standard InChI is InChI=1S/C19H21N3O2/c1-13-5-4-8-17-16(13)11-18(24-17)19(23)20-12-14-9-10-22(21-14)15-6-2-3-7-15/h4-5,8-11,15H,2-3,6-7,12H2,1H3,(H,20,23). The Kier molecular flexibility index (Phi) is 3.84. The summed E-state index contributed by atoms with van der Waals surface area (Å²) >= 11 is 0. The number of nitrogens with one attached hydrogen (secondary N) is 1. The predicted octanol–water partition coefficient (Wildman–Crippen LogP) is 3.98. The van der Waals surface area contributed by atoms with Gasteiger partial charge in [-0.3, -0.25) is 9.48 Å². The number of nitrogens with zero attached hydrogens (tertiary/aromatic N) is 2. The summed E-state index contributed by atoms with van der Waals surface area (Å²) in [6, 6.07) is 10.1. The van der Waals surface area contributed by atoms with Crippen LogP contribution in [-0.4, -0.2) is 15.7 Å². The summed E-state index contributed by atoms with van der Waals surface area (Å²) in [6.45, 7) is 2.42. The minimum absolute atomic E-state index is 0.207. The summed E-state index contributed by atoms with van der Waals surface area (Å²) in [5.41, 5.74) is 2.72. The number of amides is 1. The van der Waals surface area contributed by atoms with Crippen LogP contribution in [0.25, 0.3) is 11.0 Å². The minimum Gasteiger partial charge on any atom is -0.451 e. The Hall–Kier alpha value is -2.56. The highest BCUT2D eigenvalue weighted by atomic mass is 16.3. The topological polar surface area (TPSA) is 60.1 Å². The van der Waals surface area contributed by atoms with Crippen LogP contribution in [0.2, 0.25) is 0 Å². The van der Waals surface area contributed by atoms with Crippen molar-refractivity contribution in [2.24, 2.45) is 0 Å². The van der Waals surface area contributed by atoms with E-state index < -0.39 is 0 Å². The molecule has 1 fully saturated rings. The lowest BCUT2D eigenvalue weighted by Crippen LogP contribution is -2.22. The molecule has 24 heavy (non-hydrogen) atoms. The van der Waals surface area contributed by atoms with Crippen LogP contribution < -0.4 is 5.32 Å². The summed E-state index contributed by atoms with van der Waals surface area (Å²) in [4.78, 5) is 12.3. The number of hydrogen-bond donors (Lipinski definition) is 1. The molecule has 124 valence electrons. The molecule has 0 atom stereocenters. The third-order valence-electron chi connectivity index (χ3n) is 4.80. The number of hydrogen-bond acceptors (Lipinski definition) is 3. The Morgan fingerprint density at radius 1 is 1.33 bits per heavy atom. The van der Waals surface area contributed by atoms with Crippen LogP contribution in [0.3, 0.4) is 0 Å².